The Morgan fingerprint density at radius 1 is 1.23 bits per heavy atom. The molecule has 1 heterocycles. The van der Waals surface area contributed by atoms with Crippen molar-refractivity contribution >= 4 is 5.91 Å². The number of benzene rings is 2. The maximum absolute atomic E-state index is 12.3. The molecule has 22 heavy (non-hydrogen) atoms. The number of amides is 1. The van der Waals surface area contributed by atoms with Crippen molar-refractivity contribution in [3.05, 3.63) is 65.2 Å². The Morgan fingerprint density at radius 3 is 2.77 bits per heavy atom. The highest BCUT2D eigenvalue weighted by atomic mass is 16.5. The lowest BCUT2D eigenvalue weighted by Crippen LogP contribution is -2.44. The average Bonchev–Trinajstić information content (AvgIpc) is 2.54. The molecule has 0 aromatic heterocycles. The third kappa shape index (κ3) is 2.70. The van der Waals surface area contributed by atoms with E-state index in [1.165, 1.54) is 0 Å². The smallest absolute Gasteiger partial charge is 0.251 e. The summed E-state index contributed by atoms with van der Waals surface area (Å²) in [5.41, 5.74) is 1.19. The number of rotatable bonds is 3. The molecule has 2 N–H and O–H groups in total. The molecule has 1 atom stereocenters. The summed E-state index contributed by atoms with van der Waals surface area (Å²) in [6.45, 7) is 2.50. The van der Waals surface area contributed by atoms with Crippen molar-refractivity contribution < 1.29 is 14.6 Å². The van der Waals surface area contributed by atoms with Gasteiger partial charge in [0.1, 0.15) is 11.4 Å². The standard InChI is InChI=1S/C18H19NO3/c1-13-6-2-3-7-14(13)17(20)19-12-18(21)10-11-22-16-9-5-4-8-15(16)18/h2-9,21H,10-12H2,1H3,(H,19,20). The van der Waals surface area contributed by atoms with Crippen LogP contribution in [0, 0.1) is 6.92 Å². The van der Waals surface area contributed by atoms with Crippen molar-refractivity contribution in [2.45, 2.75) is 18.9 Å². The van der Waals surface area contributed by atoms with Crippen molar-refractivity contribution in [1.82, 2.24) is 5.32 Å². The van der Waals surface area contributed by atoms with Crippen LogP contribution in [0.4, 0.5) is 0 Å². The van der Waals surface area contributed by atoms with Crippen LogP contribution in [0.2, 0.25) is 0 Å². The van der Waals surface area contributed by atoms with Gasteiger partial charge in [0, 0.05) is 17.5 Å². The first-order chi connectivity index (χ1) is 10.6. The van der Waals surface area contributed by atoms with Crippen LogP contribution in [0.15, 0.2) is 48.5 Å². The van der Waals surface area contributed by atoms with E-state index in [9.17, 15) is 9.90 Å². The molecular formula is C18H19NO3. The summed E-state index contributed by atoms with van der Waals surface area (Å²) in [5.74, 6) is 0.511. The zero-order chi connectivity index (χ0) is 15.6. The maximum atomic E-state index is 12.3. The second-order valence-corrected chi connectivity index (χ2v) is 5.62. The van der Waals surface area contributed by atoms with Crippen LogP contribution in [-0.2, 0) is 5.60 Å². The third-order valence-corrected chi connectivity index (χ3v) is 4.09. The number of fused-ring (bicyclic) bond motifs is 1. The Kier molecular flexibility index (Phi) is 3.86. The monoisotopic (exact) mass is 297 g/mol. The highest BCUT2D eigenvalue weighted by Gasteiger charge is 2.35. The topological polar surface area (TPSA) is 58.6 Å². The lowest BCUT2D eigenvalue weighted by atomic mass is 9.88. The molecular weight excluding hydrogens is 278 g/mol. The van der Waals surface area contributed by atoms with Crippen LogP contribution in [-0.4, -0.2) is 24.2 Å². The van der Waals surface area contributed by atoms with Crippen molar-refractivity contribution in [3.8, 4) is 5.75 Å². The molecule has 0 spiro atoms. The van der Waals surface area contributed by atoms with Crippen LogP contribution in [0.3, 0.4) is 0 Å². The van der Waals surface area contributed by atoms with Crippen molar-refractivity contribution in [1.29, 1.82) is 0 Å². The van der Waals surface area contributed by atoms with Crippen LogP contribution in [0.5, 0.6) is 5.75 Å². The number of aryl methyl sites for hydroxylation is 1. The zero-order valence-corrected chi connectivity index (χ0v) is 12.5. The van der Waals surface area contributed by atoms with Gasteiger partial charge < -0.3 is 15.2 Å². The summed E-state index contributed by atoms with van der Waals surface area (Å²) in [7, 11) is 0. The van der Waals surface area contributed by atoms with E-state index in [1.807, 2.05) is 49.4 Å². The van der Waals surface area contributed by atoms with Crippen LogP contribution < -0.4 is 10.1 Å². The van der Waals surface area contributed by atoms with Gasteiger partial charge in [-0.2, -0.15) is 0 Å². The second-order valence-electron chi connectivity index (χ2n) is 5.62. The molecule has 1 unspecified atom stereocenters. The number of para-hydroxylation sites is 1. The molecule has 4 nitrogen and oxygen atoms in total. The molecule has 4 heteroatoms. The Bertz CT molecular complexity index is 698. The van der Waals surface area contributed by atoms with E-state index >= 15 is 0 Å². The minimum Gasteiger partial charge on any atom is -0.493 e. The maximum Gasteiger partial charge on any atom is 0.251 e. The van der Waals surface area contributed by atoms with E-state index in [2.05, 4.69) is 5.32 Å². The third-order valence-electron chi connectivity index (χ3n) is 4.09. The van der Waals surface area contributed by atoms with Gasteiger partial charge in [-0.1, -0.05) is 36.4 Å². The molecule has 0 bridgehead atoms. The van der Waals surface area contributed by atoms with Gasteiger partial charge >= 0.3 is 0 Å². The average molecular weight is 297 g/mol. The molecule has 0 aliphatic carbocycles. The fraction of sp³-hybridized carbons (Fsp3) is 0.278. The summed E-state index contributed by atoms with van der Waals surface area (Å²) in [4.78, 5) is 12.3. The minimum atomic E-state index is -1.09. The molecule has 1 amide bonds. The molecule has 1 aliphatic rings. The van der Waals surface area contributed by atoms with E-state index in [0.717, 1.165) is 11.1 Å². The van der Waals surface area contributed by atoms with Gasteiger partial charge in [0.25, 0.3) is 5.91 Å². The van der Waals surface area contributed by atoms with Crippen LogP contribution >= 0.6 is 0 Å². The highest BCUT2D eigenvalue weighted by molar-refractivity contribution is 5.95. The Labute approximate surface area is 129 Å². The van der Waals surface area contributed by atoms with Crippen LogP contribution in [0.1, 0.15) is 27.9 Å². The molecule has 2 aromatic rings. The number of hydrogen-bond donors (Lipinski definition) is 2. The minimum absolute atomic E-state index is 0.167. The first-order valence-corrected chi connectivity index (χ1v) is 7.39. The van der Waals surface area contributed by atoms with E-state index in [4.69, 9.17) is 4.74 Å². The summed E-state index contributed by atoms with van der Waals surface area (Å²) in [6.07, 6.45) is 0.456. The van der Waals surface area contributed by atoms with Gasteiger partial charge in [-0.05, 0) is 24.6 Å². The molecule has 114 valence electrons. The normalized spacial score (nSPS) is 19.9. The largest absolute Gasteiger partial charge is 0.493 e. The van der Waals surface area contributed by atoms with E-state index in [1.54, 1.807) is 6.07 Å². The molecule has 0 saturated heterocycles. The fourth-order valence-corrected chi connectivity index (χ4v) is 2.77. The number of nitrogens with one attached hydrogen (secondary N) is 1. The van der Waals surface area contributed by atoms with E-state index < -0.39 is 5.60 Å². The molecule has 3 rings (SSSR count). The summed E-state index contributed by atoms with van der Waals surface area (Å²) >= 11 is 0. The number of ether oxygens (including phenoxy) is 1. The lowest BCUT2D eigenvalue weighted by Gasteiger charge is -2.34. The van der Waals surface area contributed by atoms with Gasteiger partial charge in [0.15, 0.2) is 0 Å². The Balaban J connectivity index is 1.77. The van der Waals surface area contributed by atoms with E-state index in [-0.39, 0.29) is 12.5 Å². The van der Waals surface area contributed by atoms with Gasteiger partial charge in [0.2, 0.25) is 0 Å². The Hall–Kier alpha value is -2.33. The van der Waals surface area contributed by atoms with Gasteiger partial charge in [-0.15, -0.1) is 0 Å². The number of carbonyl (C=O) groups is 1. The summed E-state index contributed by atoms with van der Waals surface area (Å²) < 4.78 is 5.56. The predicted molar refractivity (Wildman–Crippen MR) is 84.0 cm³/mol. The van der Waals surface area contributed by atoms with Crippen molar-refractivity contribution in [2.75, 3.05) is 13.2 Å². The first kappa shape index (κ1) is 14.6. The summed E-state index contributed by atoms with van der Waals surface area (Å²) in [5, 5.41) is 13.7. The highest BCUT2D eigenvalue weighted by Crippen LogP contribution is 2.36. The van der Waals surface area contributed by atoms with Gasteiger partial charge in [-0.25, -0.2) is 0 Å². The molecule has 0 radical (unpaired) electrons. The van der Waals surface area contributed by atoms with Crippen molar-refractivity contribution in [2.24, 2.45) is 0 Å². The fourth-order valence-electron chi connectivity index (χ4n) is 2.77. The summed E-state index contributed by atoms with van der Waals surface area (Å²) in [6, 6.07) is 14.8. The zero-order valence-electron chi connectivity index (χ0n) is 12.5. The van der Waals surface area contributed by atoms with E-state index in [0.29, 0.717) is 24.3 Å². The number of carbonyl (C=O) groups excluding carboxylic acids is 1. The molecule has 2 aromatic carbocycles. The first-order valence-electron chi connectivity index (χ1n) is 7.39. The Morgan fingerprint density at radius 2 is 1.95 bits per heavy atom. The SMILES string of the molecule is Cc1ccccc1C(=O)NCC1(O)CCOc2ccccc21. The van der Waals surface area contributed by atoms with Gasteiger partial charge in [0.05, 0.1) is 13.2 Å². The number of aliphatic hydroxyl groups is 1. The molecule has 0 saturated carbocycles. The van der Waals surface area contributed by atoms with Gasteiger partial charge in [-0.3, -0.25) is 4.79 Å². The van der Waals surface area contributed by atoms with Crippen molar-refractivity contribution in [3.63, 3.8) is 0 Å². The molecule has 0 fully saturated rings. The lowest BCUT2D eigenvalue weighted by molar-refractivity contribution is -0.00161. The number of hydrogen-bond acceptors (Lipinski definition) is 3. The predicted octanol–water partition coefficient (Wildman–Crippen LogP) is 2.40. The quantitative estimate of drug-likeness (QED) is 0.914. The molecule has 1 aliphatic heterocycles. The second kappa shape index (κ2) is 5.81. The van der Waals surface area contributed by atoms with Crippen LogP contribution in [0.25, 0.3) is 0 Å².